The number of carbonyl (C=O) groups excluding carboxylic acids is 18. The molecule has 37 nitrogen and oxygen atoms in total. The Bertz CT molecular complexity index is 6090. The van der Waals surface area contributed by atoms with Crippen LogP contribution in [-0.2, 0) is 85.1 Å². The van der Waals surface area contributed by atoms with Crippen molar-refractivity contribution in [2.75, 3.05) is 34.5 Å². The summed E-state index contributed by atoms with van der Waals surface area (Å²) in [6, 6.07) is 60.4. The van der Waals surface area contributed by atoms with Gasteiger partial charge < -0.3 is 55.3 Å². The highest BCUT2D eigenvalue weighted by Gasteiger charge is 2.49. The van der Waals surface area contributed by atoms with E-state index in [9.17, 15) is 86.3 Å². The number of methoxy groups -OCH3 is 3. The molecular weight excluding hydrogens is 1740 g/mol. The molecule has 9 aromatic carbocycles. The molecule has 5 aliphatic heterocycles. The number of carbonyl (C=O) groups is 18. The maximum absolute atomic E-state index is 13.7. The first-order chi connectivity index (χ1) is 64.8. The van der Waals surface area contributed by atoms with E-state index in [0.717, 1.165) is 64.2 Å². The number of H-pyrrole nitrogens is 1. The molecule has 37 heteroatoms. The Balaban J connectivity index is 0.000000163. The number of esters is 5. The second kappa shape index (κ2) is 43.9. The Morgan fingerprint density at radius 1 is 0.430 bits per heavy atom. The molecule has 1 aromatic heterocycles. The summed E-state index contributed by atoms with van der Waals surface area (Å²) in [5.74, 6) is -9.64. The van der Waals surface area contributed by atoms with Crippen LogP contribution in [0.5, 0.6) is 0 Å². The number of primary amides is 1. The number of nitrogens with two attached hydrogens (primary N) is 1. The topological polar surface area (TPSA) is 460 Å². The van der Waals surface area contributed by atoms with E-state index in [-0.39, 0.29) is 83.7 Å². The fourth-order valence-electron chi connectivity index (χ4n) is 15.1. The van der Waals surface area contributed by atoms with Crippen molar-refractivity contribution in [2.45, 2.75) is 109 Å². The third kappa shape index (κ3) is 22.8. The van der Waals surface area contributed by atoms with E-state index in [1.807, 2.05) is 48.5 Å². The zero-order chi connectivity index (χ0) is 96.9. The Morgan fingerprint density at radius 2 is 0.748 bits per heavy atom. The van der Waals surface area contributed by atoms with Gasteiger partial charge in [-0.25, -0.2) is 58.4 Å². The van der Waals surface area contributed by atoms with E-state index in [1.54, 1.807) is 197 Å². The maximum Gasteiger partial charge on any atom is 0.340 e. The van der Waals surface area contributed by atoms with Crippen molar-refractivity contribution in [3.63, 3.8) is 0 Å². The Kier molecular flexibility index (Phi) is 31.5. The highest BCUT2D eigenvalue weighted by molar-refractivity contribution is 6.24. The van der Waals surface area contributed by atoms with Crippen LogP contribution in [0.25, 0.3) is 10.9 Å². The number of aromatic nitrogens is 1. The molecule has 0 radical (unpaired) electrons. The number of hydrogen-bond acceptors (Lipinski definition) is 23. The average Bonchev–Trinajstić information content (AvgIpc) is 1.62. The van der Waals surface area contributed by atoms with Gasteiger partial charge in [-0.15, -0.1) is 0 Å². The maximum atomic E-state index is 13.7. The molecule has 5 aliphatic rings. The lowest BCUT2D eigenvalue weighted by molar-refractivity contribution is -0.159. The molecule has 15 rings (SSSR count). The molecule has 10 aromatic rings. The van der Waals surface area contributed by atoms with Gasteiger partial charge >= 0.3 is 54.0 Å². The van der Waals surface area contributed by atoms with Gasteiger partial charge in [0.1, 0.15) is 36.4 Å². The van der Waals surface area contributed by atoms with Gasteiger partial charge in [-0.1, -0.05) is 201 Å². The molecule has 1 saturated heterocycles. The van der Waals surface area contributed by atoms with Gasteiger partial charge in [0.25, 0.3) is 47.3 Å². The lowest BCUT2D eigenvalue weighted by Gasteiger charge is -2.35. The lowest BCUT2D eigenvalue weighted by atomic mass is 10.1. The van der Waals surface area contributed by atoms with Crippen molar-refractivity contribution in [3.8, 4) is 0 Å². The molecule has 1 fully saturated rings. The summed E-state index contributed by atoms with van der Waals surface area (Å²) < 4.78 is 24.7. The minimum atomic E-state index is -1.45. The van der Waals surface area contributed by atoms with Crippen molar-refractivity contribution in [1.82, 2.24) is 65.9 Å². The van der Waals surface area contributed by atoms with E-state index in [1.165, 1.54) is 49.5 Å². The second-order valence-corrected chi connectivity index (χ2v) is 31.7. The van der Waals surface area contributed by atoms with Crippen LogP contribution in [0.15, 0.2) is 262 Å². The molecule has 17 amide bonds. The van der Waals surface area contributed by atoms with E-state index in [4.69, 9.17) is 24.7 Å². The molecule has 0 spiro atoms. The van der Waals surface area contributed by atoms with Crippen LogP contribution in [0.1, 0.15) is 157 Å². The summed E-state index contributed by atoms with van der Waals surface area (Å²) in [5.41, 5.74) is 10.2. The van der Waals surface area contributed by atoms with Crippen LogP contribution in [0.3, 0.4) is 0 Å². The lowest BCUT2D eigenvalue weighted by Crippen LogP contribution is -2.56. The monoisotopic (exact) mass is 1830 g/mol. The first-order valence-corrected chi connectivity index (χ1v) is 42.3. The fraction of sp³-hybridized carbons (Fsp3) is 0.224. The van der Waals surface area contributed by atoms with Crippen LogP contribution in [-0.4, -0.2) is 221 Å². The highest BCUT2D eigenvalue weighted by atomic mass is 16.6. The standard InChI is InChI=1S/C28H24N4O5.C27H29N3O7.C22H21N3O5.C21H20N4O6/c1-37-27(35)24(15-19-16-29-23-14-8-7-11-20(19)23)30-28(36)31(17-18-9-3-2-4-10-18)32-25(33)21-12-5-6-13-22(21)26(32)34;1-5-15-36-25(34)21(16-22(31)37-27(2,3)4)28-26(35)29(17-18-11-7-6-8-12-18)30-23(32)19-13-9-10-14-20(19)24(30)33;1-30-21(28)18-12-7-13-23(18)22(29)24(14-15-8-3-2-4-9-15)25-19(26)16-10-5-6-11-17(16)20(25)27;1-31-20(29)16(11-17(22)26)23-21(30)24(12-13-7-3-2-4-8-13)25-18(27)14-9-5-6-10-15(14)19(25)28/h2-14,16,24,29H,15,17H2,1H3,(H,30,36);5-14,21H,1,15-17H2,2-4H3,(H,28,35);2-6,8-11,18H,7,12-14H2,1H3;2-10,16H,11-12H2,1H3,(H2,22,26)(H,23,30)/t24-;21-;18-;16-/m0000/s1. The Labute approximate surface area is 773 Å². The van der Waals surface area contributed by atoms with Crippen molar-refractivity contribution in [2.24, 2.45) is 5.73 Å². The molecule has 0 aliphatic carbocycles. The molecule has 0 saturated carbocycles. The molecule has 135 heavy (non-hydrogen) atoms. The van der Waals surface area contributed by atoms with Crippen molar-refractivity contribution in [1.29, 1.82) is 0 Å². The number of amides is 17. The molecule has 0 unspecified atom stereocenters. The van der Waals surface area contributed by atoms with Crippen LogP contribution >= 0.6 is 0 Å². The van der Waals surface area contributed by atoms with Gasteiger partial charge in [0.15, 0.2) is 0 Å². The van der Waals surface area contributed by atoms with Crippen LogP contribution in [0.2, 0.25) is 0 Å². The number of fused-ring (bicyclic) bond motifs is 5. The average molecular weight is 1840 g/mol. The fourth-order valence-corrected chi connectivity index (χ4v) is 15.1. The molecule has 0 bridgehead atoms. The number of hydrazine groups is 4. The highest BCUT2D eigenvalue weighted by Crippen LogP contribution is 2.33. The SMILES string of the molecule is C=CCOC(=O)[C@H](CC(=O)OC(C)(C)C)NC(=O)N(Cc1ccccc1)N1C(=O)c2ccccc2C1=O.COC(=O)[C@@H]1CCCN1C(=O)N(Cc1ccccc1)N1C(=O)c2ccccc2C1=O.COC(=O)[C@H](CC(N)=O)NC(=O)N(Cc1ccccc1)N1C(=O)c2ccccc2C1=O.COC(=O)[C@H](Cc1c[nH]c2ccccc12)NC(=O)N(Cc1ccccc1)N1C(=O)c2ccccc2C1=O. The summed E-state index contributed by atoms with van der Waals surface area (Å²) in [7, 11) is 3.60. The number of ether oxygens (including phenoxy) is 5. The normalized spacial score (nSPS) is 14.4. The number of hydrogen-bond donors (Lipinski definition) is 5. The third-order valence-corrected chi connectivity index (χ3v) is 21.4. The number of aromatic amines is 1. The number of imide groups is 4. The minimum Gasteiger partial charge on any atom is -0.467 e. The number of likely N-dealkylation sites (tertiary alicyclic amines) is 1. The minimum absolute atomic E-state index is 0.00946. The van der Waals surface area contributed by atoms with Gasteiger partial charge in [0.05, 0.1) is 105 Å². The summed E-state index contributed by atoms with van der Waals surface area (Å²) in [5, 5.41) is 15.5. The van der Waals surface area contributed by atoms with Crippen LogP contribution in [0, 0.1) is 0 Å². The van der Waals surface area contributed by atoms with Crippen LogP contribution in [0.4, 0.5) is 19.2 Å². The zero-order valence-electron chi connectivity index (χ0n) is 74.0. The second-order valence-electron chi connectivity index (χ2n) is 31.7. The molecule has 6 N–H and O–H groups in total. The van der Waals surface area contributed by atoms with E-state index in [0.29, 0.717) is 41.1 Å². The molecular formula is C98H94N14O23. The number of nitrogens with zero attached hydrogens (tertiary/aromatic N) is 9. The molecule has 6 heterocycles. The third-order valence-electron chi connectivity index (χ3n) is 21.4. The molecule has 694 valence electrons. The van der Waals surface area contributed by atoms with E-state index < -0.39 is 150 Å². The summed E-state index contributed by atoms with van der Waals surface area (Å²) in [4.78, 5) is 236. The predicted octanol–water partition coefficient (Wildman–Crippen LogP) is 10.2. The first-order valence-electron chi connectivity index (χ1n) is 42.3. The molecule has 4 atom stereocenters. The number of urea groups is 4. The Morgan fingerprint density at radius 3 is 1.09 bits per heavy atom. The summed E-state index contributed by atoms with van der Waals surface area (Å²) in [6.07, 6.45) is 3.32. The van der Waals surface area contributed by atoms with Crippen LogP contribution < -0.4 is 21.7 Å². The van der Waals surface area contributed by atoms with Crippen molar-refractivity contribution in [3.05, 3.63) is 334 Å². The first kappa shape index (κ1) is 96.8. The number of benzene rings is 9. The predicted molar refractivity (Wildman–Crippen MR) is 481 cm³/mol. The Hall–Kier alpha value is -17.3. The number of nitrogens with one attached hydrogen (secondary N) is 4. The van der Waals surface area contributed by atoms with Gasteiger partial charge in [0, 0.05) is 30.1 Å². The van der Waals surface area contributed by atoms with Gasteiger partial charge in [-0.05, 0) is 116 Å². The number of rotatable bonds is 27. The number of para-hydroxylation sites is 1. The van der Waals surface area contributed by atoms with Gasteiger partial charge in [-0.2, -0.15) is 20.0 Å². The summed E-state index contributed by atoms with van der Waals surface area (Å²) in [6.45, 7) is 8.29. The van der Waals surface area contributed by atoms with Gasteiger partial charge in [0.2, 0.25) is 5.91 Å². The van der Waals surface area contributed by atoms with E-state index >= 15 is 0 Å². The summed E-state index contributed by atoms with van der Waals surface area (Å²) >= 11 is 0. The van der Waals surface area contributed by atoms with Crippen molar-refractivity contribution >= 4 is 118 Å². The largest absolute Gasteiger partial charge is 0.467 e. The quantitative estimate of drug-likeness (QED) is 0.0138. The van der Waals surface area contributed by atoms with Gasteiger partial charge in [-0.3, -0.25) is 47.9 Å². The van der Waals surface area contributed by atoms with Crippen molar-refractivity contribution < 1.29 is 110 Å². The zero-order valence-corrected chi connectivity index (χ0v) is 74.0. The smallest absolute Gasteiger partial charge is 0.340 e. The van der Waals surface area contributed by atoms with E-state index in [2.05, 4.69) is 32.3 Å².